The van der Waals surface area contributed by atoms with Crippen molar-refractivity contribution >= 4 is 28.7 Å². The van der Waals surface area contributed by atoms with Crippen LogP contribution in [0.5, 0.6) is 0 Å². The Bertz CT molecular complexity index is 1230. The molecule has 4 rings (SSSR count). The van der Waals surface area contributed by atoms with Crippen LogP contribution in [-0.2, 0) is 6.54 Å². The van der Waals surface area contributed by atoms with E-state index < -0.39 is 0 Å². The van der Waals surface area contributed by atoms with E-state index in [4.69, 9.17) is 0 Å². The fraction of sp³-hybridized carbons (Fsp3) is 0.160. The summed E-state index contributed by atoms with van der Waals surface area (Å²) in [6.07, 6.45) is 1.79. The first-order valence-electron chi connectivity index (χ1n) is 10.5. The number of urea groups is 1. The highest BCUT2D eigenvalue weighted by Gasteiger charge is 2.08. The van der Waals surface area contributed by atoms with Gasteiger partial charge in [0.2, 0.25) is 0 Å². The number of aromatic nitrogens is 2. The Morgan fingerprint density at radius 2 is 1.66 bits per heavy atom. The molecule has 7 heteroatoms. The van der Waals surface area contributed by atoms with Crippen LogP contribution in [-0.4, -0.2) is 27.5 Å². The van der Waals surface area contributed by atoms with Crippen molar-refractivity contribution < 1.29 is 9.59 Å². The summed E-state index contributed by atoms with van der Waals surface area (Å²) in [5, 5.41) is 8.48. The molecule has 0 aliphatic heterocycles. The molecule has 1 aromatic heterocycles. The average molecular weight is 428 g/mol. The van der Waals surface area contributed by atoms with Gasteiger partial charge in [0, 0.05) is 29.5 Å². The molecule has 0 unspecified atom stereocenters. The number of anilines is 1. The Kier molecular flexibility index (Phi) is 6.17. The third kappa shape index (κ3) is 4.95. The molecule has 7 nitrogen and oxygen atoms in total. The molecule has 0 bridgehead atoms. The molecule has 3 aromatic carbocycles. The molecular formula is C25H25N5O2. The van der Waals surface area contributed by atoms with E-state index in [-0.39, 0.29) is 18.0 Å². The van der Waals surface area contributed by atoms with Crippen molar-refractivity contribution in [2.24, 2.45) is 0 Å². The summed E-state index contributed by atoms with van der Waals surface area (Å²) in [5.41, 5.74) is 5.10. The van der Waals surface area contributed by atoms with Gasteiger partial charge in [0.05, 0.1) is 11.0 Å². The molecule has 0 atom stereocenters. The van der Waals surface area contributed by atoms with Crippen LogP contribution in [0.15, 0.2) is 79.1 Å². The zero-order valence-corrected chi connectivity index (χ0v) is 18.0. The lowest BCUT2D eigenvalue weighted by atomic mass is 10.1. The number of nitrogens with one attached hydrogen (secondary N) is 3. The summed E-state index contributed by atoms with van der Waals surface area (Å²) in [6.45, 7) is 4.20. The van der Waals surface area contributed by atoms with Gasteiger partial charge in [-0.25, -0.2) is 9.78 Å². The van der Waals surface area contributed by atoms with E-state index >= 15 is 0 Å². The Morgan fingerprint density at radius 3 is 2.38 bits per heavy atom. The third-order valence-corrected chi connectivity index (χ3v) is 4.95. The number of hydrogen-bond donors (Lipinski definition) is 3. The highest BCUT2D eigenvalue weighted by molar-refractivity contribution is 6.04. The predicted octanol–water partition coefficient (Wildman–Crippen LogP) is 4.49. The van der Waals surface area contributed by atoms with Gasteiger partial charge >= 0.3 is 6.03 Å². The number of rotatable bonds is 6. The van der Waals surface area contributed by atoms with Gasteiger partial charge in [-0.05, 0) is 67.9 Å². The minimum Gasteiger partial charge on any atom is -0.336 e. The number of imidazole rings is 1. The first-order valence-corrected chi connectivity index (χ1v) is 10.5. The van der Waals surface area contributed by atoms with Crippen molar-refractivity contribution in [1.29, 1.82) is 0 Å². The number of nitrogens with zero attached hydrogens (tertiary/aromatic N) is 2. The molecule has 0 aliphatic carbocycles. The fourth-order valence-corrected chi connectivity index (χ4v) is 3.34. The second kappa shape index (κ2) is 9.34. The van der Waals surface area contributed by atoms with Gasteiger partial charge in [-0.2, -0.15) is 0 Å². The molecule has 0 fully saturated rings. The SMILES string of the molecule is CC(C)NC(=O)NCc1ccc(C(=O)Nc2ccc(-n3cnc4ccccc43)cc2)cc1. The van der Waals surface area contributed by atoms with Crippen molar-refractivity contribution in [2.45, 2.75) is 26.4 Å². The molecule has 4 aromatic rings. The first-order chi connectivity index (χ1) is 15.5. The van der Waals surface area contributed by atoms with Gasteiger partial charge in [0.1, 0.15) is 6.33 Å². The van der Waals surface area contributed by atoms with Crippen LogP contribution in [0.1, 0.15) is 29.8 Å². The minimum atomic E-state index is -0.214. The second-order valence-electron chi connectivity index (χ2n) is 7.78. The van der Waals surface area contributed by atoms with Crippen molar-refractivity contribution in [3.63, 3.8) is 0 Å². The molecule has 3 N–H and O–H groups in total. The van der Waals surface area contributed by atoms with Crippen molar-refractivity contribution in [3.8, 4) is 5.69 Å². The topological polar surface area (TPSA) is 88.0 Å². The van der Waals surface area contributed by atoms with Crippen LogP contribution in [0.25, 0.3) is 16.7 Å². The van der Waals surface area contributed by atoms with Gasteiger partial charge in [0.15, 0.2) is 0 Å². The molecule has 0 saturated heterocycles. The number of hydrogen-bond acceptors (Lipinski definition) is 3. The molecular weight excluding hydrogens is 402 g/mol. The molecule has 0 saturated carbocycles. The maximum atomic E-state index is 12.6. The summed E-state index contributed by atoms with van der Waals surface area (Å²) in [4.78, 5) is 28.7. The van der Waals surface area contributed by atoms with E-state index in [1.165, 1.54) is 0 Å². The van der Waals surface area contributed by atoms with Crippen molar-refractivity contribution in [2.75, 3.05) is 5.32 Å². The minimum absolute atomic E-state index is 0.0782. The van der Waals surface area contributed by atoms with E-state index in [1.54, 1.807) is 18.5 Å². The molecule has 0 spiro atoms. The van der Waals surface area contributed by atoms with E-state index in [0.717, 1.165) is 22.3 Å². The zero-order chi connectivity index (χ0) is 22.5. The lowest BCUT2D eigenvalue weighted by Crippen LogP contribution is -2.39. The Balaban J connectivity index is 1.37. The number of carbonyl (C=O) groups is 2. The predicted molar refractivity (Wildman–Crippen MR) is 126 cm³/mol. The molecule has 0 aliphatic rings. The van der Waals surface area contributed by atoms with Gasteiger partial charge in [-0.1, -0.05) is 24.3 Å². The van der Waals surface area contributed by atoms with Gasteiger partial charge in [-0.3, -0.25) is 9.36 Å². The first kappa shape index (κ1) is 21.1. The largest absolute Gasteiger partial charge is 0.336 e. The van der Waals surface area contributed by atoms with Crippen molar-refractivity contribution in [3.05, 3.63) is 90.3 Å². The van der Waals surface area contributed by atoms with Crippen molar-refractivity contribution in [1.82, 2.24) is 20.2 Å². The third-order valence-electron chi connectivity index (χ3n) is 4.95. The molecule has 0 radical (unpaired) electrons. The number of fused-ring (bicyclic) bond motifs is 1. The zero-order valence-electron chi connectivity index (χ0n) is 18.0. The smallest absolute Gasteiger partial charge is 0.315 e. The summed E-state index contributed by atoms with van der Waals surface area (Å²) in [7, 11) is 0. The van der Waals surface area contributed by atoms with Crippen LogP contribution in [0.2, 0.25) is 0 Å². The molecule has 32 heavy (non-hydrogen) atoms. The van der Waals surface area contributed by atoms with E-state index in [0.29, 0.717) is 17.8 Å². The van der Waals surface area contributed by atoms with Crippen LogP contribution < -0.4 is 16.0 Å². The maximum absolute atomic E-state index is 12.6. The number of carbonyl (C=O) groups excluding carboxylic acids is 2. The monoisotopic (exact) mass is 427 g/mol. The molecule has 3 amide bonds. The average Bonchev–Trinajstić information content (AvgIpc) is 3.22. The number of para-hydroxylation sites is 2. The van der Waals surface area contributed by atoms with E-state index in [2.05, 4.69) is 20.9 Å². The summed E-state index contributed by atoms with van der Waals surface area (Å²) >= 11 is 0. The van der Waals surface area contributed by atoms with Crippen LogP contribution in [0.3, 0.4) is 0 Å². The van der Waals surface area contributed by atoms with Gasteiger partial charge in [0.25, 0.3) is 5.91 Å². The number of amides is 3. The molecule has 162 valence electrons. The molecule has 1 heterocycles. The lowest BCUT2D eigenvalue weighted by Gasteiger charge is -2.11. The summed E-state index contributed by atoms with van der Waals surface area (Å²) in [5.74, 6) is -0.192. The summed E-state index contributed by atoms with van der Waals surface area (Å²) < 4.78 is 2.01. The quantitative estimate of drug-likeness (QED) is 0.424. The second-order valence-corrected chi connectivity index (χ2v) is 7.78. The van der Waals surface area contributed by atoms with Crippen LogP contribution >= 0.6 is 0 Å². The van der Waals surface area contributed by atoms with Crippen LogP contribution in [0, 0.1) is 0 Å². The Morgan fingerprint density at radius 1 is 0.938 bits per heavy atom. The van der Waals surface area contributed by atoms with Gasteiger partial charge < -0.3 is 16.0 Å². The standard InChI is InChI=1S/C25H25N5O2/c1-17(2)28-25(32)26-15-18-7-9-19(10-8-18)24(31)29-20-11-13-21(14-12-20)30-16-27-22-5-3-4-6-23(22)30/h3-14,16-17H,15H2,1-2H3,(H,29,31)(H2,26,28,32). The number of benzene rings is 3. The normalized spacial score (nSPS) is 10.8. The lowest BCUT2D eigenvalue weighted by molar-refractivity contribution is 0.102. The highest BCUT2D eigenvalue weighted by Crippen LogP contribution is 2.20. The maximum Gasteiger partial charge on any atom is 0.315 e. The van der Waals surface area contributed by atoms with Crippen LogP contribution in [0.4, 0.5) is 10.5 Å². The Hall–Kier alpha value is -4.13. The van der Waals surface area contributed by atoms with E-state index in [9.17, 15) is 9.59 Å². The van der Waals surface area contributed by atoms with Gasteiger partial charge in [-0.15, -0.1) is 0 Å². The van der Waals surface area contributed by atoms with E-state index in [1.807, 2.05) is 79.1 Å². The Labute approximate surface area is 186 Å². The summed E-state index contributed by atoms with van der Waals surface area (Å²) in [6, 6.07) is 22.6. The highest BCUT2D eigenvalue weighted by atomic mass is 16.2. The fourth-order valence-electron chi connectivity index (χ4n) is 3.34.